The van der Waals surface area contributed by atoms with Gasteiger partial charge in [0.2, 0.25) is 0 Å². The molecule has 112 valence electrons. The summed E-state index contributed by atoms with van der Waals surface area (Å²) in [6, 6.07) is 5.80. The van der Waals surface area contributed by atoms with Crippen molar-refractivity contribution in [2.24, 2.45) is 5.41 Å². The Morgan fingerprint density at radius 1 is 1.29 bits per heavy atom. The van der Waals surface area contributed by atoms with Crippen LogP contribution in [0.15, 0.2) is 18.3 Å². The van der Waals surface area contributed by atoms with Gasteiger partial charge in [-0.25, -0.2) is 4.98 Å². The molecule has 1 saturated carbocycles. The van der Waals surface area contributed by atoms with E-state index in [4.69, 9.17) is 5.26 Å². The molecule has 5 nitrogen and oxygen atoms in total. The number of piperazine rings is 1. The van der Waals surface area contributed by atoms with Gasteiger partial charge in [0.25, 0.3) is 0 Å². The third-order valence-electron chi connectivity index (χ3n) is 4.65. The van der Waals surface area contributed by atoms with Crippen molar-refractivity contribution in [1.29, 1.82) is 5.26 Å². The highest BCUT2D eigenvalue weighted by Gasteiger charge is 2.43. The molecule has 5 heteroatoms. The summed E-state index contributed by atoms with van der Waals surface area (Å²) in [5.74, 6) is 0.874. The van der Waals surface area contributed by atoms with Gasteiger partial charge in [-0.3, -0.25) is 0 Å². The highest BCUT2D eigenvalue weighted by atomic mass is 15.3. The van der Waals surface area contributed by atoms with Crippen LogP contribution in [-0.2, 0) is 0 Å². The van der Waals surface area contributed by atoms with Crippen LogP contribution < -0.4 is 5.32 Å². The average molecular weight is 285 g/mol. The Hall–Kier alpha value is -1.64. The first-order valence-corrected chi connectivity index (χ1v) is 7.70. The minimum absolute atomic E-state index is 0.436. The lowest BCUT2D eigenvalue weighted by Gasteiger charge is -2.35. The van der Waals surface area contributed by atoms with Gasteiger partial charge in [0, 0.05) is 50.9 Å². The number of rotatable bonds is 5. The molecule has 0 bridgehead atoms. The van der Waals surface area contributed by atoms with Crippen molar-refractivity contribution < 1.29 is 0 Å². The zero-order valence-electron chi connectivity index (χ0n) is 12.7. The molecular formula is C16H23N5. The summed E-state index contributed by atoms with van der Waals surface area (Å²) in [5, 5.41) is 12.2. The monoisotopic (exact) mass is 285 g/mol. The van der Waals surface area contributed by atoms with Gasteiger partial charge in [0.1, 0.15) is 11.9 Å². The fraction of sp³-hybridized carbons (Fsp3) is 0.625. The molecule has 0 radical (unpaired) electrons. The van der Waals surface area contributed by atoms with Gasteiger partial charge in [0.15, 0.2) is 0 Å². The van der Waals surface area contributed by atoms with E-state index in [1.165, 1.54) is 45.6 Å². The van der Waals surface area contributed by atoms with Gasteiger partial charge in [-0.15, -0.1) is 0 Å². The molecule has 0 spiro atoms. The maximum Gasteiger partial charge on any atom is 0.125 e. The molecule has 2 heterocycles. The minimum atomic E-state index is 0.436. The minimum Gasteiger partial charge on any atom is -0.369 e. The van der Waals surface area contributed by atoms with Crippen molar-refractivity contribution in [3.8, 4) is 6.07 Å². The van der Waals surface area contributed by atoms with Gasteiger partial charge in [0.05, 0.1) is 5.56 Å². The van der Waals surface area contributed by atoms with Gasteiger partial charge >= 0.3 is 0 Å². The third kappa shape index (κ3) is 3.72. The summed E-state index contributed by atoms with van der Waals surface area (Å²) in [7, 11) is 2.20. The van der Waals surface area contributed by atoms with Crippen molar-refractivity contribution in [2.45, 2.75) is 12.8 Å². The van der Waals surface area contributed by atoms with Gasteiger partial charge in [-0.05, 0) is 32.0 Å². The predicted octanol–water partition coefficient (Wildman–Crippen LogP) is 1.39. The second kappa shape index (κ2) is 6.00. The van der Waals surface area contributed by atoms with Crippen molar-refractivity contribution in [1.82, 2.24) is 14.8 Å². The van der Waals surface area contributed by atoms with Crippen LogP contribution in [0.1, 0.15) is 18.4 Å². The van der Waals surface area contributed by atoms with Crippen LogP contribution in [0.2, 0.25) is 0 Å². The molecule has 3 rings (SSSR count). The van der Waals surface area contributed by atoms with Crippen molar-refractivity contribution in [3.05, 3.63) is 23.9 Å². The van der Waals surface area contributed by atoms with Crippen LogP contribution in [0.25, 0.3) is 0 Å². The van der Waals surface area contributed by atoms with E-state index >= 15 is 0 Å². The molecular weight excluding hydrogens is 262 g/mol. The molecule has 2 aliphatic rings. The first-order valence-electron chi connectivity index (χ1n) is 7.70. The molecule has 0 aromatic carbocycles. The molecule has 0 amide bonds. The summed E-state index contributed by atoms with van der Waals surface area (Å²) in [4.78, 5) is 9.28. The molecule has 1 aromatic heterocycles. The number of likely N-dealkylation sites (N-methyl/N-ethyl adjacent to an activating group) is 1. The maximum atomic E-state index is 8.78. The van der Waals surface area contributed by atoms with Crippen LogP contribution in [0, 0.1) is 16.7 Å². The molecule has 1 aliphatic carbocycles. The third-order valence-corrected chi connectivity index (χ3v) is 4.65. The summed E-state index contributed by atoms with van der Waals surface area (Å²) < 4.78 is 0. The van der Waals surface area contributed by atoms with Crippen molar-refractivity contribution >= 4 is 5.82 Å². The van der Waals surface area contributed by atoms with E-state index in [-0.39, 0.29) is 0 Å². The van der Waals surface area contributed by atoms with E-state index in [0.717, 1.165) is 12.4 Å². The summed E-state index contributed by atoms with van der Waals surface area (Å²) in [5.41, 5.74) is 1.05. The highest BCUT2D eigenvalue weighted by Crippen LogP contribution is 2.46. The second-order valence-electron chi connectivity index (χ2n) is 6.48. The molecule has 21 heavy (non-hydrogen) atoms. The van der Waals surface area contributed by atoms with E-state index in [9.17, 15) is 0 Å². The molecule has 0 unspecified atom stereocenters. The Kier molecular flexibility index (Phi) is 4.09. The molecule has 0 atom stereocenters. The van der Waals surface area contributed by atoms with Crippen molar-refractivity contribution in [3.63, 3.8) is 0 Å². The number of nitrogens with zero attached hydrogens (tertiary/aromatic N) is 4. The smallest absolute Gasteiger partial charge is 0.125 e. The normalized spacial score (nSPS) is 21.7. The fourth-order valence-electron chi connectivity index (χ4n) is 2.89. The largest absolute Gasteiger partial charge is 0.369 e. The number of hydrogen-bond acceptors (Lipinski definition) is 5. The molecule has 1 N–H and O–H groups in total. The van der Waals surface area contributed by atoms with E-state index in [1.54, 1.807) is 6.20 Å². The Morgan fingerprint density at radius 3 is 2.62 bits per heavy atom. The van der Waals surface area contributed by atoms with Crippen LogP contribution in [0.3, 0.4) is 0 Å². The van der Waals surface area contributed by atoms with Gasteiger partial charge in [-0.2, -0.15) is 5.26 Å². The van der Waals surface area contributed by atoms with Crippen LogP contribution >= 0.6 is 0 Å². The van der Waals surface area contributed by atoms with Gasteiger partial charge < -0.3 is 15.1 Å². The van der Waals surface area contributed by atoms with Crippen LogP contribution in [0.5, 0.6) is 0 Å². The lowest BCUT2D eigenvalue weighted by Crippen LogP contribution is -2.47. The molecule has 1 saturated heterocycles. The number of hydrogen-bond donors (Lipinski definition) is 1. The van der Waals surface area contributed by atoms with E-state index in [2.05, 4.69) is 33.2 Å². The highest BCUT2D eigenvalue weighted by molar-refractivity contribution is 5.39. The topological polar surface area (TPSA) is 55.2 Å². The van der Waals surface area contributed by atoms with Crippen LogP contribution in [0.4, 0.5) is 5.82 Å². The first kappa shape index (κ1) is 14.3. The number of pyridine rings is 1. The zero-order valence-corrected chi connectivity index (χ0v) is 12.7. The number of nitriles is 1. The summed E-state index contributed by atoms with van der Waals surface area (Å²) >= 11 is 0. The second-order valence-corrected chi connectivity index (χ2v) is 6.48. The van der Waals surface area contributed by atoms with E-state index < -0.39 is 0 Å². The Labute approximate surface area is 126 Å². The van der Waals surface area contributed by atoms with E-state index in [1.807, 2.05) is 12.1 Å². The maximum absolute atomic E-state index is 8.78. The lowest BCUT2D eigenvalue weighted by molar-refractivity contribution is 0.133. The van der Waals surface area contributed by atoms with Gasteiger partial charge in [-0.1, -0.05) is 0 Å². The van der Waals surface area contributed by atoms with Crippen molar-refractivity contribution in [2.75, 3.05) is 51.6 Å². The Bertz CT molecular complexity index is 506. The fourth-order valence-corrected chi connectivity index (χ4v) is 2.89. The molecule has 1 aromatic rings. The standard InChI is InChI=1S/C16H23N5/c1-20-6-8-21(9-7-20)13-16(4-5-16)12-19-15-3-2-14(10-17)11-18-15/h2-3,11H,4-9,12-13H2,1H3,(H,18,19). The summed E-state index contributed by atoms with van der Waals surface area (Å²) in [6.07, 6.45) is 4.24. The van der Waals surface area contributed by atoms with Crippen LogP contribution in [-0.4, -0.2) is 61.1 Å². The number of anilines is 1. The number of nitrogens with one attached hydrogen (secondary N) is 1. The predicted molar refractivity (Wildman–Crippen MR) is 83.0 cm³/mol. The zero-order chi connectivity index (χ0) is 14.7. The Morgan fingerprint density at radius 2 is 2.05 bits per heavy atom. The SMILES string of the molecule is CN1CCN(CC2(CNc3ccc(C#N)cn3)CC2)CC1. The first-order chi connectivity index (χ1) is 10.2. The average Bonchev–Trinajstić information content (AvgIpc) is 3.28. The molecule has 1 aliphatic heterocycles. The van der Waals surface area contributed by atoms with E-state index in [0.29, 0.717) is 11.0 Å². The lowest BCUT2D eigenvalue weighted by atomic mass is 10.1. The summed E-state index contributed by atoms with van der Waals surface area (Å²) in [6.45, 7) is 6.92. The molecule has 2 fully saturated rings. The quantitative estimate of drug-likeness (QED) is 0.886. The Balaban J connectivity index is 1.49. The number of aromatic nitrogens is 1.